The Morgan fingerprint density at radius 2 is 1.71 bits per heavy atom. The second kappa shape index (κ2) is 11.5. The van der Waals surface area contributed by atoms with E-state index in [2.05, 4.69) is 17.9 Å². The molecule has 1 aromatic carbocycles. The summed E-state index contributed by atoms with van der Waals surface area (Å²) in [5.74, 6) is 3.16. The van der Waals surface area contributed by atoms with Crippen molar-refractivity contribution in [2.75, 3.05) is 59.6 Å². The van der Waals surface area contributed by atoms with Crippen LogP contribution < -0.4 is 23.8 Å². The molecule has 0 amide bonds. The van der Waals surface area contributed by atoms with E-state index < -0.39 is 0 Å². The average molecular weight is 484 g/mol. The number of pyridine rings is 1. The second-order valence-electron chi connectivity index (χ2n) is 8.83. The molecule has 8 nitrogen and oxygen atoms in total. The Morgan fingerprint density at radius 3 is 2.31 bits per heavy atom. The number of anilines is 1. The Hall–Kier alpha value is -3.13. The fourth-order valence-electron chi connectivity index (χ4n) is 4.80. The highest BCUT2D eigenvalue weighted by Gasteiger charge is 2.26. The van der Waals surface area contributed by atoms with Crippen LogP contribution in [0.2, 0.25) is 0 Å². The van der Waals surface area contributed by atoms with Gasteiger partial charge in [-0.25, -0.2) is 4.52 Å². The first-order valence-electron chi connectivity index (χ1n) is 12.3. The summed E-state index contributed by atoms with van der Waals surface area (Å²) in [6.07, 6.45) is 4.38. The molecule has 0 atom stereocenters. The minimum atomic E-state index is 0.588. The SMILES string of the molecule is CCCCN(CC1CCOCC1)c1c(OC)nn2c(-c3c(OC)cc(OC)cc3OC)cccc12. The summed E-state index contributed by atoms with van der Waals surface area (Å²) in [4.78, 5) is 2.45. The molecule has 3 heterocycles. The molecule has 2 aromatic heterocycles. The molecule has 0 bridgehead atoms. The normalized spacial score (nSPS) is 14.2. The predicted molar refractivity (Wildman–Crippen MR) is 137 cm³/mol. The topological polar surface area (TPSA) is 66.7 Å². The Kier molecular flexibility index (Phi) is 8.23. The van der Waals surface area contributed by atoms with E-state index in [-0.39, 0.29) is 0 Å². The van der Waals surface area contributed by atoms with Crippen LogP contribution in [0.1, 0.15) is 32.6 Å². The van der Waals surface area contributed by atoms with Crippen LogP contribution in [0, 0.1) is 5.92 Å². The van der Waals surface area contributed by atoms with Gasteiger partial charge in [0.1, 0.15) is 22.9 Å². The minimum Gasteiger partial charge on any atom is -0.496 e. The largest absolute Gasteiger partial charge is 0.496 e. The molecule has 3 aromatic rings. The molecule has 1 aliphatic heterocycles. The van der Waals surface area contributed by atoms with Crippen LogP contribution in [0.3, 0.4) is 0 Å². The lowest BCUT2D eigenvalue weighted by molar-refractivity contribution is 0.0682. The van der Waals surface area contributed by atoms with Crippen molar-refractivity contribution in [3.05, 3.63) is 30.3 Å². The maximum atomic E-state index is 5.84. The Labute approximate surface area is 207 Å². The molecule has 190 valence electrons. The lowest BCUT2D eigenvalue weighted by Crippen LogP contribution is -2.33. The second-order valence-corrected chi connectivity index (χ2v) is 8.83. The number of benzene rings is 1. The molecule has 4 rings (SSSR count). The van der Waals surface area contributed by atoms with Gasteiger partial charge in [0.2, 0.25) is 0 Å². The molecule has 1 saturated heterocycles. The van der Waals surface area contributed by atoms with Crippen LogP contribution >= 0.6 is 0 Å². The van der Waals surface area contributed by atoms with Crippen LogP contribution in [0.15, 0.2) is 30.3 Å². The van der Waals surface area contributed by atoms with Crippen molar-refractivity contribution >= 4 is 11.2 Å². The zero-order valence-corrected chi connectivity index (χ0v) is 21.5. The number of hydrogen-bond donors (Lipinski definition) is 0. The van der Waals surface area contributed by atoms with Gasteiger partial charge in [0, 0.05) is 38.4 Å². The minimum absolute atomic E-state index is 0.588. The molecule has 0 unspecified atom stereocenters. The van der Waals surface area contributed by atoms with E-state index in [9.17, 15) is 0 Å². The molecule has 0 radical (unpaired) electrons. The van der Waals surface area contributed by atoms with Crippen molar-refractivity contribution in [2.45, 2.75) is 32.6 Å². The zero-order chi connectivity index (χ0) is 24.8. The van der Waals surface area contributed by atoms with Crippen molar-refractivity contribution in [3.63, 3.8) is 0 Å². The van der Waals surface area contributed by atoms with Crippen molar-refractivity contribution in [3.8, 4) is 34.4 Å². The van der Waals surface area contributed by atoms with E-state index in [4.69, 9.17) is 28.8 Å². The zero-order valence-electron chi connectivity index (χ0n) is 21.5. The van der Waals surface area contributed by atoms with E-state index in [1.807, 2.05) is 28.8 Å². The van der Waals surface area contributed by atoms with E-state index in [1.165, 1.54) is 0 Å². The number of nitrogens with zero attached hydrogens (tertiary/aromatic N) is 3. The van der Waals surface area contributed by atoms with Crippen LogP contribution in [0.4, 0.5) is 5.69 Å². The van der Waals surface area contributed by atoms with E-state index in [0.717, 1.165) is 74.4 Å². The van der Waals surface area contributed by atoms with E-state index in [1.54, 1.807) is 28.4 Å². The van der Waals surface area contributed by atoms with Gasteiger partial charge in [-0.15, -0.1) is 5.10 Å². The van der Waals surface area contributed by atoms with Gasteiger partial charge in [0.05, 0.1) is 45.2 Å². The van der Waals surface area contributed by atoms with Gasteiger partial charge in [-0.1, -0.05) is 19.4 Å². The molecule has 0 aliphatic carbocycles. The van der Waals surface area contributed by atoms with Gasteiger partial charge in [-0.3, -0.25) is 0 Å². The lowest BCUT2D eigenvalue weighted by Gasteiger charge is -2.31. The molecule has 0 N–H and O–H groups in total. The van der Waals surface area contributed by atoms with Gasteiger partial charge >= 0.3 is 0 Å². The number of fused-ring (bicyclic) bond motifs is 1. The number of rotatable bonds is 11. The molecule has 8 heteroatoms. The molecule has 0 spiro atoms. The summed E-state index contributed by atoms with van der Waals surface area (Å²) in [5.41, 5.74) is 3.68. The average Bonchev–Trinajstić information content (AvgIpc) is 3.29. The summed E-state index contributed by atoms with van der Waals surface area (Å²) >= 11 is 0. The third kappa shape index (κ3) is 5.12. The molecule has 1 fully saturated rings. The van der Waals surface area contributed by atoms with Crippen molar-refractivity contribution in [2.24, 2.45) is 5.92 Å². The van der Waals surface area contributed by atoms with E-state index in [0.29, 0.717) is 29.0 Å². The third-order valence-corrected chi connectivity index (χ3v) is 6.68. The monoisotopic (exact) mass is 483 g/mol. The van der Waals surface area contributed by atoms with Gasteiger partial charge in [-0.2, -0.15) is 0 Å². The maximum Gasteiger partial charge on any atom is 0.257 e. The van der Waals surface area contributed by atoms with Gasteiger partial charge < -0.3 is 28.6 Å². The fraction of sp³-hybridized carbons (Fsp3) is 0.519. The molecule has 35 heavy (non-hydrogen) atoms. The number of methoxy groups -OCH3 is 4. The first kappa shape index (κ1) is 25.0. The number of unbranched alkanes of at least 4 members (excludes halogenated alkanes) is 1. The van der Waals surface area contributed by atoms with Crippen LogP contribution in [-0.2, 0) is 4.74 Å². The Morgan fingerprint density at radius 1 is 1.00 bits per heavy atom. The smallest absolute Gasteiger partial charge is 0.257 e. The van der Waals surface area contributed by atoms with E-state index >= 15 is 0 Å². The summed E-state index contributed by atoms with van der Waals surface area (Å²) in [5, 5.41) is 4.91. The predicted octanol–water partition coefficient (Wildman–Crippen LogP) is 5.07. The van der Waals surface area contributed by atoms with Gasteiger partial charge in [-0.05, 0) is 37.3 Å². The van der Waals surface area contributed by atoms with Crippen LogP contribution in [0.25, 0.3) is 16.8 Å². The maximum absolute atomic E-state index is 5.84. The summed E-state index contributed by atoms with van der Waals surface area (Å²) in [6, 6.07) is 9.88. The molecular weight excluding hydrogens is 446 g/mol. The van der Waals surface area contributed by atoms with Crippen LogP contribution in [-0.4, -0.2) is 64.4 Å². The Bertz CT molecular complexity index is 1100. The van der Waals surface area contributed by atoms with Gasteiger partial charge in [0.25, 0.3) is 5.88 Å². The molecular formula is C27H37N3O5. The highest BCUT2D eigenvalue weighted by atomic mass is 16.5. The van der Waals surface area contributed by atoms with Crippen LogP contribution in [0.5, 0.6) is 23.1 Å². The van der Waals surface area contributed by atoms with Crippen molar-refractivity contribution in [1.29, 1.82) is 0 Å². The number of ether oxygens (including phenoxy) is 5. The molecule has 0 saturated carbocycles. The first-order chi connectivity index (χ1) is 17.1. The summed E-state index contributed by atoms with van der Waals surface area (Å²) < 4.78 is 30.3. The summed E-state index contributed by atoms with van der Waals surface area (Å²) in [7, 11) is 6.61. The molecule has 1 aliphatic rings. The first-order valence-corrected chi connectivity index (χ1v) is 12.3. The lowest BCUT2D eigenvalue weighted by atomic mass is 9.99. The highest BCUT2D eigenvalue weighted by Crippen LogP contribution is 2.44. The number of hydrogen-bond acceptors (Lipinski definition) is 7. The number of aromatic nitrogens is 2. The fourth-order valence-corrected chi connectivity index (χ4v) is 4.80. The quantitative estimate of drug-likeness (QED) is 0.377. The Balaban J connectivity index is 1.86. The highest BCUT2D eigenvalue weighted by molar-refractivity contribution is 5.84. The summed E-state index contributed by atoms with van der Waals surface area (Å²) in [6.45, 7) is 5.80. The van der Waals surface area contributed by atoms with Gasteiger partial charge in [0.15, 0.2) is 0 Å². The third-order valence-electron chi connectivity index (χ3n) is 6.68. The van der Waals surface area contributed by atoms with Crippen molar-refractivity contribution in [1.82, 2.24) is 9.61 Å². The standard InChI is InChI=1S/C27H37N3O5/c1-6-7-13-29(18-19-11-14-35-15-12-19)26-22-10-8-9-21(30(22)28-27(26)34-5)25-23(32-3)16-20(31-2)17-24(25)33-4/h8-10,16-17,19H,6-7,11-15,18H2,1-5H3. The van der Waals surface area contributed by atoms with Crippen molar-refractivity contribution < 1.29 is 23.7 Å².